The molecule has 0 aromatic rings. The predicted molar refractivity (Wildman–Crippen MR) is 65.1 cm³/mol. The van der Waals surface area contributed by atoms with Gasteiger partial charge in [-0.15, -0.1) is 0 Å². The highest BCUT2D eigenvalue weighted by Gasteiger charge is 2.27. The van der Waals surface area contributed by atoms with Gasteiger partial charge in [0.25, 0.3) is 0 Å². The van der Waals surface area contributed by atoms with E-state index in [4.69, 9.17) is 0 Å². The molecular weight excluding hydrogens is 206 g/mol. The molecule has 0 saturated carbocycles. The molecule has 2 rings (SSSR count). The van der Waals surface area contributed by atoms with Crippen LogP contribution in [0.2, 0.25) is 0 Å². The van der Waals surface area contributed by atoms with Crippen LogP contribution >= 0.6 is 12.6 Å². The number of hydrogen-bond donors (Lipinski definition) is 1. The van der Waals surface area contributed by atoms with Crippen LogP contribution in [0.1, 0.15) is 32.1 Å². The summed E-state index contributed by atoms with van der Waals surface area (Å²) in [6.07, 6.45) is 7.99. The van der Waals surface area contributed by atoms with Gasteiger partial charge in [-0.2, -0.15) is 12.6 Å². The molecule has 3 heteroatoms. The highest BCUT2D eigenvalue weighted by Crippen LogP contribution is 2.31. The van der Waals surface area contributed by atoms with E-state index in [0.717, 1.165) is 19.0 Å². The van der Waals surface area contributed by atoms with Crippen LogP contribution in [0, 0.1) is 5.92 Å². The molecule has 15 heavy (non-hydrogen) atoms. The van der Waals surface area contributed by atoms with Gasteiger partial charge in [0.15, 0.2) is 0 Å². The maximum absolute atomic E-state index is 11.7. The fourth-order valence-electron chi connectivity index (χ4n) is 2.60. The molecular formula is C12H19NOS. The molecule has 2 nitrogen and oxygen atoms in total. The molecule has 0 radical (unpaired) electrons. The first-order valence-corrected chi connectivity index (χ1v) is 6.52. The number of hydrogen-bond acceptors (Lipinski definition) is 2. The minimum absolute atomic E-state index is 0.273. The molecule has 1 amide bonds. The second-order valence-electron chi connectivity index (χ2n) is 4.48. The second kappa shape index (κ2) is 5.06. The van der Waals surface area contributed by atoms with E-state index in [-0.39, 0.29) is 5.91 Å². The Kier molecular flexibility index (Phi) is 3.73. The molecule has 1 saturated heterocycles. The van der Waals surface area contributed by atoms with Gasteiger partial charge in [-0.1, -0.05) is 11.6 Å². The summed E-state index contributed by atoms with van der Waals surface area (Å²) < 4.78 is 0. The topological polar surface area (TPSA) is 20.3 Å². The molecule has 1 atom stereocenters. The van der Waals surface area contributed by atoms with Crippen molar-refractivity contribution >= 4 is 18.5 Å². The van der Waals surface area contributed by atoms with Crippen LogP contribution < -0.4 is 0 Å². The van der Waals surface area contributed by atoms with Crippen molar-refractivity contribution in [2.45, 2.75) is 32.1 Å². The van der Waals surface area contributed by atoms with Crippen LogP contribution in [-0.2, 0) is 4.79 Å². The first kappa shape index (κ1) is 11.1. The van der Waals surface area contributed by atoms with E-state index in [1.807, 2.05) is 4.90 Å². The van der Waals surface area contributed by atoms with Gasteiger partial charge in [0.1, 0.15) is 0 Å². The summed E-state index contributed by atoms with van der Waals surface area (Å²) >= 11 is 4.11. The third-order valence-electron chi connectivity index (χ3n) is 3.49. The molecule has 0 bridgehead atoms. The largest absolute Gasteiger partial charge is 0.339 e. The Morgan fingerprint density at radius 3 is 3.20 bits per heavy atom. The summed E-state index contributed by atoms with van der Waals surface area (Å²) in [6, 6.07) is 0. The molecule has 0 aromatic carbocycles. The number of amides is 1. The van der Waals surface area contributed by atoms with Gasteiger partial charge in [-0.05, 0) is 37.4 Å². The van der Waals surface area contributed by atoms with Gasteiger partial charge in [-0.3, -0.25) is 4.79 Å². The maximum atomic E-state index is 11.7. The number of nitrogens with zero attached hydrogens (tertiary/aromatic N) is 1. The summed E-state index contributed by atoms with van der Waals surface area (Å²) in [7, 11) is 0. The Morgan fingerprint density at radius 1 is 1.53 bits per heavy atom. The summed E-state index contributed by atoms with van der Waals surface area (Å²) in [4.78, 5) is 13.7. The van der Waals surface area contributed by atoms with Crippen molar-refractivity contribution in [1.29, 1.82) is 0 Å². The lowest BCUT2D eigenvalue weighted by atomic mass is 9.82. The van der Waals surface area contributed by atoms with Gasteiger partial charge in [-0.25, -0.2) is 0 Å². The van der Waals surface area contributed by atoms with Crippen LogP contribution in [0.15, 0.2) is 11.6 Å². The number of piperidine rings is 1. The Balaban J connectivity index is 1.96. The average Bonchev–Trinajstić information content (AvgIpc) is 2.29. The van der Waals surface area contributed by atoms with Crippen molar-refractivity contribution in [3.63, 3.8) is 0 Å². The highest BCUT2D eigenvalue weighted by atomic mass is 32.1. The van der Waals surface area contributed by atoms with Crippen LogP contribution in [-0.4, -0.2) is 29.6 Å². The number of fused-ring (bicyclic) bond motifs is 1. The SMILES string of the molecule is O=C(CCS)N1CCC2CCCC=C2C1. The zero-order valence-corrected chi connectivity index (χ0v) is 10.0. The van der Waals surface area contributed by atoms with E-state index in [1.54, 1.807) is 0 Å². The van der Waals surface area contributed by atoms with Crippen LogP contribution in [0.5, 0.6) is 0 Å². The number of carbonyl (C=O) groups excluding carboxylic acids is 1. The van der Waals surface area contributed by atoms with Crippen molar-refractivity contribution in [3.05, 3.63) is 11.6 Å². The lowest BCUT2D eigenvalue weighted by Gasteiger charge is -2.36. The van der Waals surface area contributed by atoms with Crippen molar-refractivity contribution in [2.24, 2.45) is 5.92 Å². The molecule has 1 heterocycles. The monoisotopic (exact) mass is 225 g/mol. The molecule has 0 N–H and O–H groups in total. The summed E-state index contributed by atoms with van der Waals surface area (Å²) in [5.41, 5.74) is 1.51. The molecule has 1 aliphatic carbocycles. The minimum Gasteiger partial charge on any atom is -0.339 e. The Hall–Kier alpha value is -0.440. The van der Waals surface area contributed by atoms with E-state index < -0.39 is 0 Å². The third-order valence-corrected chi connectivity index (χ3v) is 3.71. The fraction of sp³-hybridized carbons (Fsp3) is 0.750. The van der Waals surface area contributed by atoms with E-state index in [2.05, 4.69) is 18.7 Å². The van der Waals surface area contributed by atoms with E-state index in [1.165, 1.54) is 31.3 Å². The van der Waals surface area contributed by atoms with Crippen molar-refractivity contribution < 1.29 is 4.79 Å². The average molecular weight is 225 g/mol. The lowest BCUT2D eigenvalue weighted by Crippen LogP contribution is -2.40. The Bertz CT molecular complexity index is 275. The number of allylic oxidation sites excluding steroid dienone is 1. The van der Waals surface area contributed by atoms with Crippen LogP contribution in [0.4, 0.5) is 0 Å². The van der Waals surface area contributed by atoms with Gasteiger partial charge in [0, 0.05) is 19.5 Å². The predicted octanol–water partition coefficient (Wildman–Crippen LogP) is 2.27. The number of rotatable bonds is 2. The van der Waals surface area contributed by atoms with Crippen molar-refractivity contribution in [3.8, 4) is 0 Å². The van der Waals surface area contributed by atoms with Crippen molar-refractivity contribution in [1.82, 2.24) is 4.90 Å². The fourth-order valence-corrected chi connectivity index (χ4v) is 2.80. The molecule has 0 aromatic heterocycles. The smallest absolute Gasteiger partial charge is 0.223 e. The normalized spacial score (nSPS) is 25.8. The quantitative estimate of drug-likeness (QED) is 0.564. The third kappa shape index (κ3) is 2.57. The minimum atomic E-state index is 0.273. The van der Waals surface area contributed by atoms with Gasteiger partial charge in [0.2, 0.25) is 5.91 Å². The van der Waals surface area contributed by atoms with Crippen LogP contribution in [0.3, 0.4) is 0 Å². The van der Waals surface area contributed by atoms with Gasteiger partial charge >= 0.3 is 0 Å². The maximum Gasteiger partial charge on any atom is 0.223 e. The lowest BCUT2D eigenvalue weighted by molar-refractivity contribution is -0.131. The first-order valence-electron chi connectivity index (χ1n) is 5.89. The highest BCUT2D eigenvalue weighted by molar-refractivity contribution is 7.80. The number of likely N-dealkylation sites (tertiary alicyclic amines) is 1. The Morgan fingerprint density at radius 2 is 2.40 bits per heavy atom. The van der Waals surface area contributed by atoms with Gasteiger partial charge in [0.05, 0.1) is 0 Å². The second-order valence-corrected chi connectivity index (χ2v) is 4.93. The number of carbonyl (C=O) groups is 1. The standard InChI is InChI=1S/C12H19NOS/c14-12(6-8-15)13-7-5-10-3-1-2-4-11(10)9-13/h4,10,15H,1-3,5-9H2. The molecule has 84 valence electrons. The van der Waals surface area contributed by atoms with Gasteiger partial charge < -0.3 is 4.90 Å². The van der Waals surface area contributed by atoms with E-state index in [9.17, 15) is 4.79 Å². The summed E-state index contributed by atoms with van der Waals surface area (Å²) in [5, 5.41) is 0. The number of thiol groups is 1. The molecule has 1 unspecified atom stereocenters. The zero-order chi connectivity index (χ0) is 10.7. The van der Waals surface area contributed by atoms with E-state index in [0.29, 0.717) is 12.2 Å². The molecule has 2 aliphatic rings. The summed E-state index contributed by atoms with van der Waals surface area (Å²) in [5.74, 6) is 1.71. The molecule has 0 spiro atoms. The molecule has 1 fully saturated rings. The zero-order valence-electron chi connectivity index (χ0n) is 9.11. The summed E-state index contributed by atoms with van der Waals surface area (Å²) in [6.45, 7) is 1.84. The van der Waals surface area contributed by atoms with Crippen molar-refractivity contribution in [2.75, 3.05) is 18.8 Å². The molecule has 1 aliphatic heterocycles. The van der Waals surface area contributed by atoms with Crippen LogP contribution in [0.25, 0.3) is 0 Å². The first-order chi connectivity index (χ1) is 7.31. The Labute approximate surface area is 97.1 Å². The van der Waals surface area contributed by atoms with E-state index >= 15 is 0 Å².